The number of rotatable bonds is 8. The Morgan fingerprint density at radius 1 is 1.00 bits per heavy atom. The fraction of sp³-hybridized carbons (Fsp3) is 0.304. The number of tetrazole rings is 1. The van der Waals surface area contributed by atoms with Gasteiger partial charge in [0.15, 0.2) is 5.82 Å². The second-order valence-electron chi connectivity index (χ2n) is 7.51. The minimum Gasteiger partial charge on any atom is -0.494 e. The van der Waals surface area contributed by atoms with Crippen LogP contribution in [0, 0.1) is 13.8 Å². The fourth-order valence-corrected chi connectivity index (χ4v) is 3.41. The van der Waals surface area contributed by atoms with E-state index < -0.39 is 0 Å². The van der Waals surface area contributed by atoms with Gasteiger partial charge in [-0.05, 0) is 78.1 Å². The van der Waals surface area contributed by atoms with Crippen LogP contribution in [-0.2, 0) is 19.4 Å². The van der Waals surface area contributed by atoms with E-state index in [4.69, 9.17) is 4.74 Å². The van der Waals surface area contributed by atoms with Crippen molar-refractivity contribution in [1.29, 1.82) is 0 Å². The SMILES string of the molecule is Cc1ccc(CCn2nnnc2CCCOc2ccc3[nH]c(=O)ccc3c2)cc1C. The van der Waals surface area contributed by atoms with E-state index in [0.717, 1.165) is 48.3 Å². The molecule has 154 valence electrons. The molecule has 4 aromatic rings. The standard InChI is InChI=1S/C23H25N5O2/c1-16-5-6-18(14-17(16)2)11-12-28-22(25-26-27-28)4-3-13-30-20-8-9-21-19(15-20)7-10-23(29)24-21/h5-10,14-15H,3-4,11-13H2,1-2H3,(H,24,29). The smallest absolute Gasteiger partial charge is 0.248 e. The number of benzene rings is 2. The molecule has 7 heteroatoms. The number of ether oxygens (including phenoxy) is 1. The molecule has 0 amide bonds. The van der Waals surface area contributed by atoms with E-state index in [1.807, 2.05) is 22.9 Å². The van der Waals surface area contributed by atoms with Crippen LogP contribution >= 0.6 is 0 Å². The lowest BCUT2D eigenvalue weighted by atomic mass is 10.0. The molecular formula is C23H25N5O2. The first-order valence-corrected chi connectivity index (χ1v) is 10.2. The van der Waals surface area contributed by atoms with Gasteiger partial charge in [-0.15, -0.1) is 5.10 Å². The molecule has 0 aliphatic heterocycles. The minimum absolute atomic E-state index is 0.105. The van der Waals surface area contributed by atoms with E-state index >= 15 is 0 Å². The van der Waals surface area contributed by atoms with Crippen LogP contribution in [0.1, 0.15) is 28.9 Å². The average Bonchev–Trinajstić information content (AvgIpc) is 3.19. The average molecular weight is 403 g/mol. The highest BCUT2D eigenvalue weighted by Crippen LogP contribution is 2.18. The second-order valence-corrected chi connectivity index (χ2v) is 7.51. The first-order chi connectivity index (χ1) is 14.6. The maximum Gasteiger partial charge on any atom is 0.248 e. The van der Waals surface area contributed by atoms with Gasteiger partial charge in [0.05, 0.1) is 6.61 Å². The molecule has 1 N–H and O–H groups in total. The molecule has 0 saturated carbocycles. The third-order valence-corrected chi connectivity index (χ3v) is 5.30. The molecule has 0 aliphatic rings. The minimum atomic E-state index is -0.105. The lowest BCUT2D eigenvalue weighted by Gasteiger charge is -2.08. The zero-order valence-corrected chi connectivity index (χ0v) is 17.3. The van der Waals surface area contributed by atoms with E-state index in [1.165, 1.54) is 22.8 Å². The van der Waals surface area contributed by atoms with E-state index in [9.17, 15) is 4.79 Å². The summed E-state index contributed by atoms with van der Waals surface area (Å²) in [5.41, 5.74) is 4.60. The molecule has 2 aromatic heterocycles. The Balaban J connectivity index is 1.28. The van der Waals surface area contributed by atoms with E-state index in [2.05, 4.69) is 52.6 Å². The van der Waals surface area contributed by atoms with Gasteiger partial charge in [-0.2, -0.15) is 0 Å². The third-order valence-electron chi connectivity index (χ3n) is 5.30. The first-order valence-electron chi connectivity index (χ1n) is 10.2. The van der Waals surface area contributed by atoms with Crippen LogP contribution in [0.4, 0.5) is 0 Å². The quantitative estimate of drug-likeness (QED) is 0.456. The van der Waals surface area contributed by atoms with Crippen molar-refractivity contribution < 1.29 is 4.74 Å². The van der Waals surface area contributed by atoms with Crippen molar-refractivity contribution in [2.45, 2.75) is 39.7 Å². The Hall–Kier alpha value is -3.48. The van der Waals surface area contributed by atoms with Crippen LogP contribution in [0.25, 0.3) is 10.9 Å². The van der Waals surface area contributed by atoms with Crippen molar-refractivity contribution in [3.63, 3.8) is 0 Å². The lowest BCUT2D eigenvalue weighted by molar-refractivity contribution is 0.309. The number of H-pyrrole nitrogens is 1. The summed E-state index contributed by atoms with van der Waals surface area (Å²) >= 11 is 0. The van der Waals surface area contributed by atoms with E-state index in [1.54, 1.807) is 6.07 Å². The molecule has 0 spiro atoms. The van der Waals surface area contributed by atoms with E-state index in [-0.39, 0.29) is 5.56 Å². The van der Waals surface area contributed by atoms with E-state index in [0.29, 0.717) is 6.61 Å². The predicted octanol–water partition coefficient (Wildman–Crippen LogP) is 3.39. The fourth-order valence-electron chi connectivity index (χ4n) is 3.41. The molecule has 0 bridgehead atoms. The molecule has 4 rings (SSSR count). The summed E-state index contributed by atoms with van der Waals surface area (Å²) in [5, 5.41) is 13.1. The number of hydrogen-bond acceptors (Lipinski definition) is 5. The number of aromatic amines is 1. The topological polar surface area (TPSA) is 85.7 Å². The van der Waals surface area contributed by atoms with Gasteiger partial charge in [0, 0.05) is 29.9 Å². The number of nitrogens with zero attached hydrogens (tertiary/aromatic N) is 4. The summed E-state index contributed by atoms with van der Waals surface area (Å²) < 4.78 is 7.74. The van der Waals surface area contributed by atoms with Crippen LogP contribution in [0.3, 0.4) is 0 Å². The molecule has 2 heterocycles. The van der Waals surface area contributed by atoms with Crippen molar-refractivity contribution in [3.8, 4) is 5.75 Å². The third kappa shape index (κ3) is 4.74. The Labute approximate surface area is 174 Å². The molecule has 30 heavy (non-hydrogen) atoms. The molecule has 0 aliphatic carbocycles. The maximum absolute atomic E-state index is 11.4. The van der Waals surface area contributed by atoms with Gasteiger partial charge in [0.25, 0.3) is 0 Å². The van der Waals surface area contributed by atoms with Gasteiger partial charge in [-0.3, -0.25) is 4.79 Å². The monoisotopic (exact) mass is 403 g/mol. The normalized spacial score (nSPS) is 11.1. The molecule has 0 unspecified atom stereocenters. The molecule has 0 fully saturated rings. The van der Waals surface area contributed by atoms with Crippen LogP contribution in [0.2, 0.25) is 0 Å². The van der Waals surface area contributed by atoms with Gasteiger partial charge in [0.1, 0.15) is 5.75 Å². The van der Waals surface area contributed by atoms with Gasteiger partial charge >= 0.3 is 0 Å². The largest absolute Gasteiger partial charge is 0.494 e. The highest BCUT2D eigenvalue weighted by molar-refractivity contribution is 5.79. The molecule has 0 radical (unpaired) electrons. The Kier molecular flexibility index (Phi) is 5.88. The maximum atomic E-state index is 11.4. The van der Waals surface area contributed by atoms with Crippen molar-refractivity contribution in [3.05, 3.63) is 81.4 Å². The Bertz CT molecular complexity index is 1210. The van der Waals surface area contributed by atoms with Gasteiger partial charge in [0.2, 0.25) is 5.56 Å². The zero-order chi connectivity index (χ0) is 20.9. The highest BCUT2D eigenvalue weighted by atomic mass is 16.5. The van der Waals surface area contributed by atoms with Crippen LogP contribution in [0.5, 0.6) is 5.75 Å². The Morgan fingerprint density at radius 2 is 1.90 bits per heavy atom. The number of aryl methyl sites for hydroxylation is 5. The number of pyridine rings is 1. The summed E-state index contributed by atoms with van der Waals surface area (Å²) in [6.45, 7) is 5.59. The van der Waals surface area contributed by atoms with Gasteiger partial charge in [-0.25, -0.2) is 4.68 Å². The molecule has 0 atom stereocenters. The van der Waals surface area contributed by atoms with Gasteiger partial charge in [-0.1, -0.05) is 18.2 Å². The zero-order valence-electron chi connectivity index (χ0n) is 17.3. The first kappa shape index (κ1) is 19.8. The summed E-state index contributed by atoms with van der Waals surface area (Å²) in [5.74, 6) is 1.66. The van der Waals surface area contributed by atoms with Gasteiger partial charge < -0.3 is 9.72 Å². The molecule has 0 saturated heterocycles. The lowest BCUT2D eigenvalue weighted by Crippen LogP contribution is -2.10. The Morgan fingerprint density at radius 3 is 2.77 bits per heavy atom. The number of hydrogen-bond donors (Lipinski definition) is 1. The van der Waals surface area contributed by atoms with Crippen molar-refractivity contribution in [2.24, 2.45) is 0 Å². The van der Waals surface area contributed by atoms with Crippen LogP contribution in [-0.4, -0.2) is 31.8 Å². The van der Waals surface area contributed by atoms with Crippen molar-refractivity contribution in [2.75, 3.05) is 6.61 Å². The van der Waals surface area contributed by atoms with Crippen LogP contribution in [0.15, 0.2) is 53.3 Å². The summed E-state index contributed by atoms with van der Waals surface area (Å²) in [4.78, 5) is 14.2. The van der Waals surface area contributed by atoms with Crippen LogP contribution < -0.4 is 10.3 Å². The molecule has 2 aromatic carbocycles. The number of nitrogens with one attached hydrogen (secondary N) is 1. The summed E-state index contributed by atoms with van der Waals surface area (Å²) in [7, 11) is 0. The van der Waals surface area contributed by atoms with Crippen molar-refractivity contribution >= 4 is 10.9 Å². The highest BCUT2D eigenvalue weighted by Gasteiger charge is 2.07. The molecule has 7 nitrogen and oxygen atoms in total. The second kappa shape index (κ2) is 8.90. The number of fused-ring (bicyclic) bond motifs is 1. The summed E-state index contributed by atoms with van der Waals surface area (Å²) in [6.07, 6.45) is 2.46. The number of aromatic nitrogens is 5. The molecular weight excluding hydrogens is 378 g/mol. The summed E-state index contributed by atoms with van der Waals surface area (Å²) in [6, 6.07) is 15.5. The van der Waals surface area contributed by atoms with Crippen molar-refractivity contribution in [1.82, 2.24) is 25.2 Å². The predicted molar refractivity (Wildman–Crippen MR) is 116 cm³/mol.